The minimum atomic E-state index is 0.500. The first kappa shape index (κ1) is 16.8. The van der Waals surface area contributed by atoms with E-state index >= 15 is 0 Å². The van der Waals surface area contributed by atoms with Crippen LogP contribution in [0, 0.1) is 5.92 Å². The van der Waals surface area contributed by atoms with Gasteiger partial charge in [0.15, 0.2) is 0 Å². The van der Waals surface area contributed by atoms with Gasteiger partial charge in [-0.2, -0.15) is 0 Å². The normalized spacial score (nSPS) is 20.1. The van der Waals surface area contributed by atoms with Gasteiger partial charge in [0, 0.05) is 31.0 Å². The molecule has 1 aliphatic heterocycles. The molecule has 1 saturated heterocycles. The molecule has 4 heteroatoms. The maximum absolute atomic E-state index is 6.00. The van der Waals surface area contributed by atoms with Gasteiger partial charge in [-0.15, -0.1) is 0 Å². The second-order valence-electron chi connectivity index (χ2n) is 6.17. The lowest BCUT2D eigenvalue weighted by Gasteiger charge is -2.19. The summed E-state index contributed by atoms with van der Waals surface area (Å²) in [6.45, 7) is 3.32. The summed E-state index contributed by atoms with van der Waals surface area (Å²) in [6, 6.07) is 16.5. The smallest absolute Gasteiger partial charge is 0.122 e. The van der Waals surface area contributed by atoms with Crippen LogP contribution >= 0.6 is 0 Å². The Bertz CT molecular complexity index is 622. The predicted molar refractivity (Wildman–Crippen MR) is 94.7 cm³/mol. The summed E-state index contributed by atoms with van der Waals surface area (Å²) in [4.78, 5) is 0. The summed E-state index contributed by atoms with van der Waals surface area (Å²) >= 11 is 0. The Kier molecular flexibility index (Phi) is 5.72. The molecule has 2 aromatic carbocycles. The minimum Gasteiger partial charge on any atom is -0.497 e. The molecule has 0 amide bonds. The molecule has 0 radical (unpaired) electrons. The lowest BCUT2D eigenvalue weighted by atomic mass is 9.89. The highest BCUT2D eigenvalue weighted by atomic mass is 16.5. The van der Waals surface area contributed by atoms with E-state index in [2.05, 4.69) is 35.6 Å². The Morgan fingerprint density at radius 2 is 1.67 bits per heavy atom. The van der Waals surface area contributed by atoms with E-state index in [-0.39, 0.29) is 0 Å². The number of benzene rings is 2. The van der Waals surface area contributed by atoms with Crippen molar-refractivity contribution < 1.29 is 14.2 Å². The molecule has 1 aliphatic rings. The van der Waals surface area contributed by atoms with Crippen LogP contribution in [0.4, 0.5) is 0 Å². The SMILES string of the molecule is COc1cc(COC[C@@H]2CNC[C@H]2c2ccccc2)cc(OC)c1. The summed E-state index contributed by atoms with van der Waals surface area (Å²) < 4.78 is 16.6. The highest BCUT2D eigenvalue weighted by Gasteiger charge is 2.28. The van der Waals surface area contributed by atoms with E-state index < -0.39 is 0 Å². The van der Waals surface area contributed by atoms with Crippen molar-refractivity contribution in [3.05, 3.63) is 59.7 Å². The lowest BCUT2D eigenvalue weighted by molar-refractivity contribution is 0.0875. The molecule has 0 unspecified atom stereocenters. The Hall–Kier alpha value is -2.04. The Morgan fingerprint density at radius 1 is 0.958 bits per heavy atom. The van der Waals surface area contributed by atoms with Gasteiger partial charge in [-0.3, -0.25) is 0 Å². The van der Waals surface area contributed by atoms with Crippen LogP contribution in [0.3, 0.4) is 0 Å². The van der Waals surface area contributed by atoms with Crippen LogP contribution in [0.25, 0.3) is 0 Å². The molecule has 4 nitrogen and oxygen atoms in total. The van der Waals surface area contributed by atoms with Crippen molar-refractivity contribution in [2.45, 2.75) is 12.5 Å². The van der Waals surface area contributed by atoms with Gasteiger partial charge in [0.2, 0.25) is 0 Å². The first-order chi connectivity index (χ1) is 11.8. The molecule has 0 bridgehead atoms. The van der Waals surface area contributed by atoms with E-state index in [1.807, 2.05) is 18.2 Å². The van der Waals surface area contributed by atoms with E-state index in [4.69, 9.17) is 14.2 Å². The monoisotopic (exact) mass is 327 g/mol. The van der Waals surface area contributed by atoms with Gasteiger partial charge < -0.3 is 19.5 Å². The molecule has 2 atom stereocenters. The zero-order valence-electron chi connectivity index (χ0n) is 14.3. The molecule has 1 fully saturated rings. The summed E-state index contributed by atoms with van der Waals surface area (Å²) in [6.07, 6.45) is 0. The van der Waals surface area contributed by atoms with E-state index in [0.717, 1.165) is 36.8 Å². The van der Waals surface area contributed by atoms with Gasteiger partial charge in [0.05, 0.1) is 27.4 Å². The van der Waals surface area contributed by atoms with Crippen molar-refractivity contribution in [3.8, 4) is 11.5 Å². The van der Waals surface area contributed by atoms with Crippen molar-refractivity contribution in [2.75, 3.05) is 33.9 Å². The number of nitrogens with one attached hydrogen (secondary N) is 1. The lowest BCUT2D eigenvalue weighted by Crippen LogP contribution is -2.17. The predicted octanol–water partition coefficient (Wildman–Crippen LogP) is 3.22. The third-order valence-electron chi connectivity index (χ3n) is 4.58. The van der Waals surface area contributed by atoms with Crippen LogP contribution in [-0.4, -0.2) is 33.9 Å². The zero-order chi connectivity index (χ0) is 16.8. The van der Waals surface area contributed by atoms with Crippen LogP contribution < -0.4 is 14.8 Å². The highest BCUT2D eigenvalue weighted by Crippen LogP contribution is 2.29. The molecule has 24 heavy (non-hydrogen) atoms. The van der Waals surface area contributed by atoms with Crippen LogP contribution in [0.5, 0.6) is 11.5 Å². The minimum absolute atomic E-state index is 0.500. The molecule has 3 rings (SSSR count). The average molecular weight is 327 g/mol. The molecule has 1 N–H and O–H groups in total. The molecule has 0 spiro atoms. The van der Waals surface area contributed by atoms with Gasteiger partial charge in [0.25, 0.3) is 0 Å². The van der Waals surface area contributed by atoms with E-state index in [0.29, 0.717) is 18.4 Å². The molecule has 128 valence electrons. The Morgan fingerprint density at radius 3 is 2.33 bits per heavy atom. The van der Waals surface area contributed by atoms with Crippen LogP contribution in [0.1, 0.15) is 17.0 Å². The summed E-state index contributed by atoms with van der Waals surface area (Å²) in [5, 5.41) is 3.49. The summed E-state index contributed by atoms with van der Waals surface area (Å²) in [5.41, 5.74) is 2.45. The number of ether oxygens (including phenoxy) is 3. The third kappa shape index (κ3) is 4.08. The zero-order valence-corrected chi connectivity index (χ0v) is 14.3. The first-order valence-corrected chi connectivity index (χ1v) is 8.35. The van der Waals surface area contributed by atoms with Gasteiger partial charge in [-0.05, 0) is 23.3 Å². The van der Waals surface area contributed by atoms with Crippen LogP contribution in [0.2, 0.25) is 0 Å². The van der Waals surface area contributed by atoms with E-state index in [1.165, 1.54) is 5.56 Å². The summed E-state index contributed by atoms with van der Waals surface area (Å²) in [7, 11) is 3.32. The van der Waals surface area contributed by atoms with Crippen molar-refractivity contribution >= 4 is 0 Å². The fourth-order valence-corrected chi connectivity index (χ4v) is 3.28. The molecule has 2 aromatic rings. The Labute approximate surface area is 143 Å². The van der Waals surface area contributed by atoms with Crippen molar-refractivity contribution in [1.29, 1.82) is 0 Å². The molecular formula is C20H25NO3. The maximum Gasteiger partial charge on any atom is 0.122 e. The molecule has 0 aliphatic carbocycles. The second kappa shape index (κ2) is 8.18. The third-order valence-corrected chi connectivity index (χ3v) is 4.58. The van der Waals surface area contributed by atoms with Crippen LogP contribution in [0.15, 0.2) is 48.5 Å². The van der Waals surface area contributed by atoms with Crippen molar-refractivity contribution in [3.63, 3.8) is 0 Å². The van der Waals surface area contributed by atoms with Crippen LogP contribution in [-0.2, 0) is 11.3 Å². The number of rotatable bonds is 7. The number of methoxy groups -OCH3 is 2. The molecule has 0 aromatic heterocycles. The quantitative estimate of drug-likeness (QED) is 0.847. The average Bonchev–Trinajstić information content (AvgIpc) is 3.10. The molecule has 1 heterocycles. The fraction of sp³-hybridized carbons (Fsp3) is 0.400. The molecular weight excluding hydrogens is 302 g/mol. The Balaban J connectivity index is 1.58. The second-order valence-corrected chi connectivity index (χ2v) is 6.17. The van der Waals surface area contributed by atoms with E-state index in [1.54, 1.807) is 14.2 Å². The van der Waals surface area contributed by atoms with Gasteiger partial charge >= 0.3 is 0 Å². The van der Waals surface area contributed by atoms with Crippen molar-refractivity contribution in [1.82, 2.24) is 5.32 Å². The number of hydrogen-bond acceptors (Lipinski definition) is 4. The number of hydrogen-bond donors (Lipinski definition) is 1. The highest BCUT2D eigenvalue weighted by molar-refractivity contribution is 5.38. The van der Waals surface area contributed by atoms with Crippen molar-refractivity contribution in [2.24, 2.45) is 5.92 Å². The largest absolute Gasteiger partial charge is 0.497 e. The fourth-order valence-electron chi connectivity index (χ4n) is 3.28. The topological polar surface area (TPSA) is 39.7 Å². The van der Waals surface area contributed by atoms with Gasteiger partial charge in [0.1, 0.15) is 11.5 Å². The van der Waals surface area contributed by atoms with E-state index in [9.17, 15) is 0 Å². The maximum atomic E-state index is 6.00. The molecule has 0 saturated carbocycles. The van der Waals surface area contributed by atoms with Gasteiger partial charge in [-0.1, -0.05) is 30.3 Å². The standard InChI is InChI=1S/C20H25NO3/c1-22-18-8-15(9-19(10-18)23-2)13-24-14-17-11-21-12-20(17)16-6-4-3-5-7-16/h3-10,17,20-21H,11-14H2,1-2H3/t17-,20-/m0/s1. The summed E-state index contributed by atoms with van der Waals surface area (Å²) in [5.74, 6) is 2.60. The first-order valence-electron chi connectivity index (χ1n) is 8.35. The van der Waals surface area contributed by atoms with Gasteiger partial charge in [-0.25, -0.2) is 0 Å².